The summed E-state index contributed by atoms with van der Waals surface area (Å²) in [6.45, 7) is 18.9. The van der Waals surface area contributed by atoms with E-state index >= 15 is 0 Å². The molecule has 14 unspecified atom stereocenters. The van der Waals surface area contributed by atoms with Crippen LogP contribution in [0.1, 0.15) is 108 Å². The van der Waals surface area contributed by atoms with Crippen molar-refractivity contribution < 1.29 is 68.3 Å². The number of ether oxygens (including phenoxy) is 6. The van der Waals surface area contributed by atoms with Gasteiger partial charge in [-0.05, 0) is 100 Å². The molecule has 332 valence electrons. The Bertz CT molecular complexity index is 1290. The van der Waals surface area contributed by atoms with Crippen LogP contribution in [0.5, 0.6) is 0 Å². The van der Waals surface area contributed by atoms with Crippen molar-refractivity contribution in [2.75, 3.05) is 19.7 Å². The van der Waals surface area contributed by atoms with Gasteiger partial charge < -0.3 is 75.2 Å². The van der Waals surface area contributed by atoms with Gasteiger partial charge in [0.25, 0.3) is 0 Å². The van der Waals surface area contributed by atoms with Crippen LogP contribution in [-0.4, -0.2) is 154 Å². The number of rotatable bonds is 13. The van der Waals surface area contributed by atoms with Crippen LogP contribution in [0.2, 0.25) is 0 Å². The molecule has 0 aromatic rings. The lowest BCUT2D eigenvalue weighted by Gasteiger charge is -2.52. The van der Waals surface area contributed by atoms with Gasteiger partial charge in [-0.2, -0.15) is 0 Å². The first-order chi connectivity index (χ1) is 26.3. The molecule has 2 saturated heterocycles. The number of aliphatic hydroxyl groups excluding tert-OH is 5. The second-order valence-electron chi connectivity index (χ2n) is 18.6. The lowest BCUT2D eigenvalue weighted by molar-refractivity contribution is -0.311. The van der Waals surface area contributed by atoms with Crippen molar-refractivity contribution in [1.29, 1.82) is 0 Å². The molecule has 9 N–H and O–H groups in total. The summed E-state index contributed by atoms with van der Waals surface area (Å²) in [5, 5.41) is 67.1. The highest BCUT2D eigenvalue weighted by Crippen LogP contribution is 2.40. The number of hydrogen-bond donors (Lipinski definition) is 9. The molecular formula is C39H72N4O14. The molecule has 3 amide bonds. The zero-order valence-electron chi connectivity index (χ0n) is 35.7. The van der Waals surface area contributed by atoms with Gasteiger partial charge in [0, 0.05) is 31.1 Å². The molecular weight excluding hydrogens is 748 g/mol. The normalized spacial score (nSPS) is 34.4. The first-order valence-corrected chi connectivity index (χ1v) is 20.3. The Balaban J connectivity index is 1.88. The van der Waals surface area contributed by atoms with E-state index in [2.05, 4.69) is 21.3 Å². The zero-order valence-corrected chi connectivity index (χ0v) is 35.7. The van der Waals surface area contributed by atoms with Gasteiger partial charge in [-0.3, -0.25) is 0 Å². The maximum atomic E-state index is 13.2. The number of hydrogen-bond acceptors (Lipinski definition) is 15. The molecule has 1 saturated carbocycles. The number of nitrogens with one attached hydrogen (secondary N) is 4. The van der Waals surface area contributed by atoms with Gasteiger partial charge in [0.15, 0.2) is 6.29 Å². The Morgan fingerprint density at radius 3 is 1.93 bits per heavy atom. The molecule has 2 heterocycles. The van der Waals surface area contributed by atoms with E-state index in [1.165, 1.54) is 0 Å². The average Bonchev–Trinajstić information content (AvgIpc) is 3.06. The summed E-state index contributed by atoms with van der Waals surface area (Å²) < 4.78 is 35.1. The molecule has 2 aliphatic heterocycles. The Labute approximate surface area is 337 Å². The van der Waals surface area contributed by atoms with E-state index in [1.54, 1.807) is 62.3 Å². The van der Waals surface area contributed by atoms with Gasteiger partial charge >= 0.3 is 18.3 Å². The van der Waals surface area contributed by atoms with Crippen molar-refractivity contribution in [2.24, 2.45) is 11.8 Å². The Morgan fingerprint density at radius 2 is 1.37 bits per heavy atom. The molecule has 18 heteroatoms. The summed E-state index contributed by atoms with van der Waals surface area (Å²) >= 11 is 0. The van der Waals surface area contributed by atoms with Crippen LogP contribution >= 0.6 is 0 Å². The number of carbonyl (C=O) groups excluding carboxylic acids is 3. The lowest BCUT2D eigenvalue weighted by Crippen LogP contribution is -2.68. The van der Waals surface area contributed by atoms with Gasteiger partial charge in [0.05, 0.1) is 43.2 Å². The van der Waals surface area contributed by atoms with Gasteiger partial charge in [0.2, 0.25) is 0 Å². The maximum Gasteiger partial charge on any atom is 0.408 e. The van der Waals surface area contributed by atoms with Crippen LogP contribution in [0, 0.1) is 11.8 Å². The molecule has 0 aromatic heterocycles. The molecule has 3 aliphatic rings. The third-order valence-corrected chi connectivity index (χ3v) is 10.1. The van der Waals surface area contributed by atoms with Crippen LogP contribution in [0.4, 0.5) is 14.4 Å². The van der Waals surface area contributed by atoms with E-state index in [-0.39, 0.29) is 32.0 Å². The van der Waals surface area contributed by atoms with Crippen LogP contribution in [0.25, 0.3) is 0 Å². The molecule has 3 rings (SSSR count). The standard InChI is InChI=1S/C39H72N4O14/c1-12-22-13-14-23(41-18-21(45)15-16-40-34(49)55-37(3,4)5)32(52-22)26-24(42-35(50)56-38(6,7)8)17-20(2)31(29(26)47)54-33-30(48)27(28(46)25(19-44)53-33)43-36(51)57-39(9,10)11/h20-33,41,44-48H,12-19H2,1-11H3,(H,40,49)(H,42,50)(H,43,51). The largest absolute Gasteiger partial charge is 0.444 e. The predicted octanol–water partition coefficient (Wildman–Crippen LogP) is 1.81. The van der Waals surface area contributed by atoms with Gasteiger partial charge in [-0.1, -0.05) is 13.8 Å². The molecule has 3 fully saturated rings. The van der Waals surface area contributed by atoms with Crippen molar-refractivity contribution in [1.82, 2.24) is 21.3 Å². The van der Waals surface area contributed by atoms with E-state index in [4.69, 9.17) is 28.4 Å². The van der Waals surface area contributed by atoms with E-state index in [0.717, 1.165) is 0 Å². The Kier molecular flexibility index (Phi) is 17.7. The fourth-order valence-electron chi connectivity index (χ4n) is 7.54. The molecule has 0 bridgehead atoms. The Hall–Kier alpha value is -2.55. The second kappa shape index (κ2) is 20.6. The number of carbonyl (C=O) groups is 3. The maximum absolute atomic E-state index is 13.2. The van der Waals surface area contributed by atoms with Crippen molar-refractivity contribution >= 4 is 18.3 Å². The van der Waals surface area contributed by atoms with E-state index in [1.807, 2.05) is 13.8 Å². The van der Waals surface area contributed by atoms with Gasteiger partial charge in [-0.15, -0.1) is 0 Å². The number of amides is 3. The quantitative estimate of drug-likeness (QED) is 0.120. The minimum Gasteiger partial charge on any atom is -0.444 e. The number of alkyl carbamates (subject to hydrolysis) is 3. The smallest absolute Gasteiger partial charge is 0.408 e. The summed E-state index contributed by atoms with van der Waals surface area (Å²) in [5.41, 5.74) is -2.34. The lowest BCUT2D eigenvalue weighted by atomic mass is 9.70. The summed E-state index contributed by atoms with van der Waals surface area (Å²) in [5.74, 6) is -1.27. The number of aliphatic hydroxyl groups is 5. The highest BCUT2D eigenvalue weighted by molar-refractivity contribution is 5.69. The molecule has 0 radical (unpaired) electrons. The minimum absolute atomic E-state index is 0.139. The van der Waals surface area contributed by atoms with Crippen LogP contribution in [-0.2, 0) is 28.4 Å². The monoisotopic (exact) mass is 821 g/mol. The third kappa shape index (κ3) is 15.2. The van der Waals surface area contributed by atoms with E-state index < -0.39 is 121 Å². The van der Waals surface area contributed by atoms with Crippen molar-refractivity contribution in [3.8, 4) is 0 Å². The highest BCUT2D eigenvalue weighted by atomic mass is 16.7. The van der Waals surface area contributed by atoms with Gasteiger partial charge in [0.1, 0.15) is 35.1 Å². The van der Waals surface area contributed by atoms with E-state index in [9.17, 15) is 39.9 Å². The van der Waals surface area contributed by atoms with Crippen molar-refractivity contribution in [2.45, 2.75) is 198 Å². The zero-order chi connectivity index (χ0) is 43.0. The first-order valence-electron chi connectivity index (χ1n) is 20.3. The summed E-state index contributed by atoms with van der Waals surface area (Å²) in [6.07, 6.45) is -9.72. The minimum atomic E-state index is -1.65. The van der Waals surface area contributed by atoms with Crippen LogP contribution in [0.15, 0.2) is 0 Å². The molecule has 0 spiro atoms. The fraction of sp³-hybridized carbons (Fsp3) is 0.923. The Morgan fingerprint density at radius 1 is 0.789 bits per heavy atom. The molecule has 1 aliphatic carbocycles. The molecule has 57 heavy (non-hydrogen) atoms. The third-order valence-electron chi connectivity index (χ3n) is 10.1. The summed E-state index contributed by atoms with van der Waals surface area (Å²) in [7, 11) is 0. The summed E-state index contributed by atoms with van der Waals surface area (Å²) in [6, 6.07) is -2.44. The fourth-order valence-corrected chi connectivity index (χ4v) is 7.54. The highest BCUT2D eigenvalue weighted by Gasteiger charge is 2.54. The molecule has 18 nitrogen and oxygen atoms in total. The summed E-state index contributed by atoms with van der Waals surface area (Å²) in [4.78, 5) is 38.0. The van der Waals surface area contributed by atoms with Crippen LogP contribution in [0.3, 0.4) is 0 Å². The van der Waals surface area contributed by atoms with Gasteiger partial charge in [-0.25, -0.2) is 14.4 Å². The predicted molar refractivity (Wildman–Crippen MR) is 207 cm³/mol. The van der Waals surface area contributed by atoms with Crippen LogP contribution < -0.4 is 21.3 Å². The van der Waals surface area contributed by atoms with E-state index in [0.29, 0.717) is 19.3 Å². The molecule has 14 atom stereocenters. The topological polar surface area (TPSA) is 256 Å². The average molecular weight is 821 g/mol. The SMILES string of the molecule is CCC1CCC(NCC(O)CCNC(=O)OC(C)(C)C)C(C2C(NC(=O)OC(C)(C)C)CC(C)C(OC3OC(CO)C(O)C(NC(=O)OC(C)(C)C)C3O)C2O)O1. The van der Waals surface area contributed by atoms with Crippen molar-refractivity contribution in [3.63, 3.8) is 0 Å². The van der Waals surface area contributed by atoms with Crippen molar-refractivity contribution in [3.05, 3.63) is 0 Å². The first kappa shape index (κ1) is 48.8. The second-order valence-corrected chi connectivity index (χ2v) is 18.6. The molecule has 0 aromatic carbocycles.